The van der Waals surface area contributed by atoms with Crippen molar-refractivity contribution in [3.05, 3.63) is 40.2 Å². The van der Waals surface area contributed by atoms with Gasteiger partial charge in [0.25, 0.3) is 5.91 Å². The summed E-state index contributed by atoms with van der Waals surface area (Å²) in [5.74, 6) is 0.533. The van der Waals surface area contributed by atoms with Gasteiger partial charge in [0.15, 0.2) is 6.10 Å². The van der Waals surface area contributed by atoms with Crippen LogP contribution in [0.5, 0.6) is 5.75 Å². The van der Waals surface area contributed by atoms with E-state index in [1.54, 1.807) is 13.0 Å². The van der Waals surface area contributed by atoms with Crippen molar-refractivity contribution in [3.63, 3.8) is 0 Å². The number of likely N-dealkylation sites (tertiary alicyclic amines) is 1. The third-order valence-corrected chi connectivity index (χ3v) is 5.05. The number of hydrogen-bond acceptors (Lipinski definition) is 4. The maximum absolute atomic E-state index is 12.7. The van der Waals surface area contributed by atoms with Gasteiger partial charge in [0.05, 0.1) is 0 Å². The standard InChI is InChI=1S/C20H25NO4/c1-5-15-10-19(22)25-18-11-16(8-9-17(15)18)24-14(4)20(23)21-12(2)6-7-13(21)3/h8-14H,5-7H2,1-4H3/t12-,13+,14?. The highest BCUT2D eigenvalue weighted by atomic mass is 16.5. The number of nitrogens with zero attached hydrogens (tertiary/aromatic N) is 1. The number of hydrogen-bond donors (Lipinski definition) is 0. The van der Waals surface area contributed by atoms with Crippen LogP contribution in [-0.2, 0) is 11.2 Å². The van der Waals surface area contributed by atoms with Crippen LogP contribution in [0.2, 0.25) is 0 Å². The molecule has 0 spiro atoms. The molecule has 3 rings (SSSR count). The van der Waals surface area contributed by atoms with Gasteiger partial charge in [-0.05, 0) is 57.7 Å². The largest absolute Gasteiger partial charge is 0.481 e. The SMILES string of the molecule is CCc1cc(=O)oc2cc(OC(C)C(=O)N3[C@H](C)CC[C@@H]3C)ccc12. The first-order chi connectivity index (χ1) is 11.9. The van der Waals surface area contributed by atoms with Crippen LogP contribution in [0.4, 0.5) is 0 Å². The van der Waals surface area contributed by atoms with Gasteiger partial charge in [-0.25, -0.2) is 4.79 Å². The van der Waals surface area contributed by atoms with Crippen molar-refractivity contribution in [2.75, 3.05) is 0 Å². The fraction of sp³-hybridized carbons (Fsp3) is 0.500. The maximum atomic E-state index is 12.7. The lowest BCUT2D eigenvalue weighted by molar-refractivity contribution is -0.140. The van der Waals surface area contributed by atoms with Crippen LogP contribution in [-0.4, -0.2) is 29.0 Å². The van der Waals surface area contributed by atoms with E-state index in [4.69, 9.17) is 9.15 Å². The fourth-order valence-electron chi connectivity index (χ4n) is 3.67. The number of carbonyl (C=O) groups excluding carboxylic acids is 1. The lowest BCUT2D eigenvalue weighted by atomic mass is 10.1. The highest BCUT2D eigenvalue weighted by molar-refractivity contribution is 5.83. The number of amides is 1. The molecule has 1 aromatic heterocycles. The Kier molecular flexibility index (Phi) is 4.84. The number of aryl methyl sites for hydroxylation is 1. The average Bonchev–Trinajstić information content (AvgIpc) is 2.91. The summed E-state index contributed by atoms with van der Waals surface area (Å²) in [6.07, 6.45) is 2.23. The minimum atomic E-state index is -0.582. The molecule has 1 amide bonds. The monoisotopic (exact) mass is 343 g/mol. The maximum Gasteiger partial charge on any atom is 0.336 e. The van der Waals surface area contributed by atoms with Crippen LogP contribution in [0, 0.1) is 0 Å². The highest BCUT2D eigenvalue weighted by Gasteiger charge is 2.34. The Balaban J connectivity index is 1.83. The summed E-state index contributed by atoms with van der Waals surface area (Å²) in [7, 11) is 0. The van der Waals surface area contributed by atoms with E-state index in [-0.39, 0.29) is 23.6 Å². The molecule has 1 saturated heterocycles. The van der Waals surface area contributed by atoms with Crippen LogP contribution in [0.25, 0.3) is 11.0 Å². The molecule has 1 aliphatic rings. The van der Waals surface area contributed by atoms with Crippen LogP contribution < -0.4 is 10.4 Å². The van der Waals surface area contributed by atoms with E-state index in [1.165, 1.54) is 6.07 Å². The third kappa shape index (κ3) is 3.41. The van der Waals surface area contributed by atoms with Crippen molar-refractivity contribution in [3.8, 4) is 5.75 Å². The van der Waals surface area contributed by atoms with E-state index < -0.39 is 6.10 Å². The molecule has 134 valence electrons. The molecule has 2 aromatic rings. The second kappa shape index (κ2) is 6.90. The van der Waals surface area contributed by atoms with Crippen LogP contribution in [0.3, 0.4) is 0 Å². The number of fused-ring (bicyclic) bond motifs is 1. The molecule has 0 bridgehead atoms. The molecule has 0 N–H and O–H groups in total. The highest BCUT2D eigenvalue weighted by Crippen LogP contribution is 2.27. The summed E-state index contributed by atoms with van der Waals surface area (Å²) in [5.41, 5.74) is 1.07. The zero-order chi connectivity index (χ0) is 18.1. The van der Waals surface area contributed by atoms with Gasteiger partial charge in [-0.2, -0.15) is 0 Å². The predicted molar refractivity (Wildman–Crippen MR) is 97.0 cm³/mol. The molecule has 5 nitrogen and oxygen atoms in total. The van der Waals surface area contributed by atoms with Gasteiger partial charge in [0.2, 0.25) is 0 Å². The molecule has 1 aliphatic heterocycles. The summed E-state index contributed by atoms with van der Waals surface area (Å²) in [6, 6.07) is 7.40. The summed E-state index contributed by atoms with van der Waals surface area (Å²) in [6.45, 7) is 7.91. The number of rotatable bonds is 4. The predicted octanol–water partition coefficient (Wildman–Crippen LogP) is 3.52. The van der Waals surface area contributed by atoms with Crippen molar-refractivity contribution in [1.29, 1.82) is 0 Å². The first-order valence-corrected chi connectivity index (χ1v) is 8.96. The van der Waals surface area contributed by atoms with Gasteiger partial charge in [0.1, 0.15) is 11.3 Å². The molecule has 0 saturated carbocycles. The Labute approximate surface area is 147 Å². The van der Waals surface area contributed by atoms with E-state index in [2.05, 4.69) is 13.8 Å². The third-order valence-electron chi connectivity index (χ3n) is 5.05. The van der Waals surface area contributed by atoms with Crippen LogP contribution >= 0.6 is 0 Å². The molecule has 3 atom stereocenters. The van der Waals surface area contributed by atoms with E-state index in [1.807, 2.05) is 24.0 Å². The number of ether oxygens (including phenoxy) is 1. The summed E-state index contributed by atoms with van der Waals surface area (Å²) < 4.78 is 11.1. The van der Waals surface area contributed by atoms with Gasteiger partial charge in [-0.1, -0.05) is 6.92 Å². The minimum absolute atomic E-state index is 0.00126. The number of benzene rings is 1. The Bertz CT molecular complexity index is 831. The fourth-order valence-corrected chi connectivity index (χ4v) is 3.67. The van der Waals surface area contributed by atoms with E-state index >= 15 is 0 Å². The lowest BCUT2D eigenvalue weighted by Gasteiger charge is -2.29. The smallest absolute Gasteiger partial charge is 0.336 e. The van der Waals surface area contributed by atoms with Gasteiger partial charge in [-0.3, -0.25) is 4.79 Å². The molecule has 1 unspecified atom stereocenters. The zero-order valence-corrected chi connectivity index (χ0v) is 15.2. The first kappa shape index (κ1) is 17.5. The van der Waals surface area contributed by atoms with Crippen molar-refractivity contribution in [2.45, 2.75) is 65.1 Å². The van der Waals surface area contributed by atoms with Crippen molar-refractivity contribution < 1.29 is 13.9 Å². The molecule has 0 radical (unpaired) electrons. The summed E-state index contributed by atoms with van der Waals surface area (Å²) in [4.78, 5) is 26.3. The lowest BCUT2D eigenvalue weighted by Crippen LogP contribution is -2.45. The second-order valence-electron chi connectivity index (χ2n) is 6.88. The molecule has 1 aromatic carbocycles. The average molecular weight is 343 g/mol. The summed E-state index contributed by atoms with van der Waals surface area (Å²) >= 11 is 0. The minimum Gasteiger partial charge on any atom is -0.481 e. The topological polar surface area (TPSA) is 59.8 Å². The second-order valence-corrected chi connectivity index (χ2v) is 6.88. The van der Waals surface area contributed by atoms with E-state index in [9.17, 15) is 9.59 Å². The van der Waals surface area contributed by atoms with Crippen molar-refractivity contribution >= 4 is 16.9 Å². The Morgan fingerprint density at radius 1 is 1.28 bits per heavy atom. The van der Waals surface area contributed by atoms with E-state index in [0.29, 0.717) is 11.3 Å². The van der Waals surface area contributed by atoms with Crippen LogP contribution in [0.1, 0.15) is 46.1 Å². The van der Waals surface area contributed by atoms with Crippen LogP contribution in [0.15, 0.2) is 33.5 Å². The quantitative estimate of drug-likeness (QED) is 0.797. The molecular weight excluding hydrogens is 318 g/mol. The van der Waals surface area contributed by atoms with E-state index in [0.717, 1.165) is 30.2 Å². The van der Waals surface area contributed by atoms with Gasteiger partial charge in [0, 0.05) is 29.6 Å². The molecule has 25 heavy (non-hydrogen) atoms. The zero-order valence-electron chi connectivity index (χ0n) is 15.2. The van der Waals surface area contributed by atoms with Gasteiger partial charge in [-0.15, -0.1) is 0 Å². The molecule has 0 aliphatic carbocycles. The van der Waals surface area contributed by atoms with Crippen molar-refractivity contribution in [2.24, 2.45) is 0 Å². The van der Waals surface area contributed by atoms with Crippen molar-refractivity contribution in [1.82, 2.24) is 4.90 Å². The Hall–Kier alpha value is -2.30. The van der Waals surface area contributed by atoms with Gasteiger partial charge < -0.3 is 14.1 Å². The Morgan fingerprint density at radius 2 is 1.96 bits per heavy atom. The Morgan fingerprint density at radius 3 is 2.60 bits per heavy atom. The molecule has 5 heteroatoms. The molecular formula is C20H25NO4. The molecule has 2 heterocycles. The normalized spacial score (nSPS) is 21.5. The first-order valence-electron chi connectivity index (χ1n) is 8.96. The molecule has 1 fully saturated rings. The summed E-state index contributed by atoms with van der Waals surface area (Å²) in [5, 5.41) is 0.898. The van der Waals surface area contributed by atoms with Gasteiger partial charge >= 0.3 is 5.63 Å². The number of carbonyl (C=O) groups is 1.